The van der Waals surface area contributed by atoms with Crippen LogP contribution in [0.15, 0.2) is 12.2 Å². The lowest BCUT2D eigenvalue weighted by molar-refractivity contribution is 0.441. The minimum absolute atomic E-state index is 0.833. The Bertz CT molecular complexity index is 368. The van der Waals surface area contributed by atoms with E-state index >= 15 is 0 Å². The first kappa shape index (κ1) is 11.8. The number of nitrogens with zero attached hydrogens (tertiary/aromatic N) is 1. The van der Waals surface area contributed by atoms with Gasteiger partial charge >= 0.3 is 0 Å². The zero-order chi connectivity index (χ0) is 11.4. The summed E-state index contributed by atoms with van der Waals surface area (Å²) >= 11 is 1.81. The Kier molecular flexibility index (Phi) is 4.13. The van der Waals surface area contributed by atoms with E-state index in [4.69, 9.17) is 0 Å². The van der Waals surface area contributed by atoms with Crippen molar-refractivity contribution in [1.82, 2.24) is 10.3 Å². The summed E-state index contributed by atoms with van der Waals surface area (Å²) in [5.41, 5.74) is 1.19. The van der Waals surface area contributed by atoms with E-state index < -0.39 is 0 Å². The fourth-order valence-electron chi connectivity index (χ4n) is 2.17. The molecule has 0 radical (unpaired) electrons. The van der Waals surface area contributed by atoms with E-state index in [9.17, 15) is 0 Å². The molecular formula is C13H20N2S. The van der Waals surface area contributed by atoms with Crippen LogP contribution in [0.1, 0.15) is 34.8 Å². The van der Waals surface area contributed by atoms with Gasteiger partial charge in [0, 0.05) is 11.4 Å². The third-order valence-electron chi connectivity index (χ3n) is 3.10. The van der Waals surface area contributed by atoms with Crippen LogP contribution in [0, 0.1) is 19.8 Å². The van der Waals surface area contributed by atoms with Crippen molar-refractivity contribution in [2.45, 2.75) is 39.7 Å². The lowest BCUT2D eigenvalue weighted by Gasteiger charge is -2.17. The molecule has 1 atom stereocenters. The molecule has 3 heteroatoms. The maximum Gasteiger partial charge on any atom is 0.0900 e. The molecule has 1 N–H and O–H groups in total. The van der Waals surface area contributed by atoms with Gasteiger partial charge in [0.05, 0.1) is 10.7 Å². The van der Waals surface area contributed by atoms with Crippen LogP contribution in [-0.4, -0.2) is 11.5 Å². The Morgan fingerprint density at radius 1 is 1.44 bits per heavy atom. The SMILES string of the molecule is Cc1nc(C)c(CNCC2CC=CCC2)s1. The maximum absolute atomic E-state index is 4.44. The lowest BCUT2D eigenvalue weighted by atomic mass is 9.94. The molecule has 0 aliphatic heterocycles. The minimum atomic E-state index is 0.833. The number of thiazole rings is 1. The second-order valence-electron chi connectivity index (χ2n) is 4.52. The van der Waals surface area contributed by atoms with Gasteiger partial charge in [0.2, 0.25) is 0 Å². The molecule has 0 saturated heterocycles. The summed E-state index contributed by atoms with van der Waals surface area (Å²) in [5.74, 6) is 0.833. The van der Waals surface area contributed by atoms with Crippen molar-refractivity contribution in [3.63, 3.8) is 0 Å². The number of aromatic nitrogens is 1. The van der Waals surface area contributed by atoms with Gasteiger partial charge in [-0.2, -0.15) is 0 Å². The first-order chi connectivity index (χ1) is 7.75. The summed E-state index contributed by atoms with van der Waals surface area (Å²) < 4.78 is 0. The topological polar surface area (TPSA) is 24.9 Å². The number of hydrogen-bond donors (Lipinski definition) is 1. The number of nitrogens with one attached hydrogen (secondary N) is 1. The second-order valence-corrected chi connectivity index (χ2v) is 5.81. The van der Waals surface area contributed by atoms with Gasteiger partial charge in [-0.05, 0) is 45.6 Å². The second kappa shape index (κ2) is 5.60. The van der Waals surface area contributed by atoms with Gasteiger partial charge in [-0.3, -0.25) is 0 Å². The molecule has 2 nitrogen and oxygen atoms in total. The van der Waals surface area contributed by atoms with Gasteiger partial charge in [0.25, 0.3) is 0 Å². The van der Waals surface area contributed by atoms with Crippen LogP contribution in [0.3, 0.4) is 0 Å². The Morgan fingerprint density at radius 2 is 2.31 bits per heavy atom. The van der Waals surface area contributed by atoms with Crippen molar-refractivity contribution >= 4 is 11.3 Å². The smallest absolute Gasteiger partial charge is 0.0900 e. The molecule has 2 rings (SSSR count). The minimum Gasteiger partial charge on any atom is -0.311 e. The summed E-state index contributed by atoms with van der Waals surface area (Å²) in [6.07, 6.45) is 8.45. The van der Waals surface area contributed by atoms with Crippen LogP contribution in [0.2, 0.25) is 0 Å². The Balaban J connectivity index is 1.75. The molecule has 0 aromatic carbocycles. The van der Waals surface area contributed by atoms with Gasteiger partial charge in [0.15, 0.2) is 0 Å². The molecule has 1 aliphatic rings. The van der Waals surface area contributed by atoms with Crippen LogP contribution >= 0.6 is 11.3 Å². The van der Waals surface area contributed by atoms with E-state index in [1.807, 2.05) is 11.3 Å². The van der Waals surface area contributed by atoms with Crippen molar-refractivity contribution in [2.24, 2.45) is 5.92 Å². The van der Waals surface area contributed by atoms with E-state index in [2.05, 4.69) is 36.3 Å². The lowest BCUT2D eigenvalue weighted by Crippen LogP contribution is -2.23. The number of allylic oxidation sites excluding steroid dienone is 2. The fourth-order valence-corrected chi connectivity index (χ4v) is 3.08. The quantitative estimate of drug-likeness (QED) is 0.812. The van der Waals surface area contributed by atoms with Crippen molar-refractivity contribution < 1.29 is 0 Å². The molecule has 0 spiro atoms. The first-order valence-corrected chi connectivity index (χ1v) is 6.86. The molecular weight excluding hydrogens is 216 g/mol. The Hall–Kier alpha value is -0.670. The highest BCUT2D eigenvalue weighted by Gasteiger charge is 2.10. The highest BCUT2D eigenvalue weighted by Crippen LogP contribution is 2.19. The molecule has 1 heterocycles. The van der Waals surface area contributed by atoms with Gasteiger partial charge in [-0.1, -0.05) is 12.2 Å². The molecule has 1 aromatic heterocycles. The van der Waals surface area contributed by atoms with E-state index in [-0.39, 0.29) is 0 Å². The maximum atomic E-state index is 4.44. The van der Waals surface area contributed by atoms with Gasteiger partial charge in [0.1, 0.15) is 0 Å². The highest BCUT2D eigenvalue weighted by molar-refractivity contribution is 7.11. The summed E-state index contributed by atoms with van der Waals surface area (Å²) in [5, 5.41) is 4.74. The molecule has 1 unspecified atom stereocenters. The Morgan fingerprint density at radius 3 is 2.94 bits per heavy atom. The number of rotatable bonds is 4. The predicted molar refractivity (Wildman–Crippen MR) is 69.8 cm³/mol. The van der Waals surface area contributed by atoms with Crippen molar-refractivity contribution in [3.8, 4) is 0 Å². The van der Waals surface area contributed by atoms with E-state index in [1.165, 1.54) is 34.8 Å². The molecule has 0 bridgehead atoms. The molecule has 0 saturated carbocycles. The largest absolute Gasteiger partial charge is 0.311 e. The van der Waals surface area contributed by atoms with Crippen LogP contribution in [0.5, 0.6) is 0 Å². The van der Waals surface area contributed by atoms with Crippen molar-refractivity contribution in [3.05, 3.63) is 27.7 Å². The monoisotopic (exact) mass is 236 g/mol. The first-order valence-electron chi connectivity index (χ1n) is 6.04. The fraction of sp³-hybridized carbons (Fsp3) is 0.615. The van der Waals surface area contributed by atoms with Crippen molar-refractivity contribution in [1.29, 1.82) is 0 Å². The molecule has 0 amide bonds. The summed E-state index contributed by atoms with van der Waals surface area (Å²) in [6, 6.07) is 0. The average molecular weight is 236 g/mol. The van der Waals surface area contributed by atoms with Crippen LogP contribution in [0.4, 0.5) is 0 Å². The van der Waals surface area contributed by atoms with Crippen molar-refractivity contribution in [2.75, 3.05) is 6.54 Å². The third-order valence-corrected chi connectivity index (χ3v) is 4.17. The molecule has 1 aromatic rings. The Labute approximate surface area is 102 Å². The normalized spacial score (nSPS) is 20.2. The number of aryl methyl sites for hydroxylation is 2. The molecule has 16 heavy (non-hydrogen) atoms. The van der Waals surface area contributed by atoms with E-state index in [1.54, 1.807) is 0 Å². The van der Waals surface area contributed by atoms with Crippen LogP contribution < -0.4 is 5.32 Å². The van der Waals surface area contributed by atoms with Gasteiger partial charge in [-0.25, -0.2) is 4.98 Å². The molecule has 0 fully saturated rings. The summed E-state index contributed by atoms with van der Waals surface area (Å²) in [4.78, 5) is 5.84. The summed E-state index contributed by atoms with van der Waals surface area (Å²) in [6.45, 7) is 6.30. The zero-order valence-corrected chi connectivity index (χ0v) is 10.9. The average Bonchev–Trinajstić information content (AvgIpc) is 2.59. The number of hydrogen-bond acceptors (Lipinski definition) is 3. The van der Waals surface area contributed by atoms with E-state index in [0.29, 0.717) is 0 Å². The highest BCUT2D eigenvalue weighted by atomic mass is 32.1. The predicted octanol–water partition coefficient (Wildman–Crippen LogP) is 3.21. The van der Waals surface area contributed by atoms with Crippen LogP contribution in [-0.2, 0) is 6.54 Å². The summed E-state index contributed by atoms with van der Waals surface area (Å²) in [7, 11) is 0. The van der Waals surface area contributed by atoms with E-state index in [0.717, 1.165) is 19.0 Å². The third kappa shape index (κ3) is 3.16. The zero-order valence-electron chi connectivity index (χ0n) is 10.1. The van der Waals surface area contributed by atoms with Gasteiger partial charge in [-0.15, -0.1) is 11.3 Å². The molecule has 1 aliphatic carbocycles. The standard InChI is InChI=1S/C13H20N2S/c1-10-13(16-11(2)15-10)9-14-8-12-6-4-3-5-7-12/h3-4,12,14H,5-9H2,1-2H3. The van der Waals surface area contributed by atoms with Crippen LogP contribution in [0.25, 0.3) is 0 Å². The van der Waals surface area contributed by atoms with Gasteiger partial charge < -0.3 is 5.32 Å². The molecule has 88 valence electrons.